The summed E-state index contributed by atoms with van der Waals surface area (Å²) in [6.07, 6.45) is 0.795. The fourth-order valence-corrected chi connectivity index (χ4v) is 1.88. The van der Waals surface area contributed by atoms with Crippen molar-refractivity contribution in [1.29, 1.82) is 0 Å². The van der Waals surface area contributed by atoms with Gasteiger partial charge in [0.1, 0.15) is 10.6 Å². The molecular weight excluding hydrogens is 254 g/mol. The van der Waals surface area contributed by atoms with E-state index in [0.29, 0.717) is 11.6 Å². The number of nitrogens with one attached hydrogen (secondary N) is 1. The quantitative estimate of drug-likeness (QED) is 0.822. The molecule has 0 aliphatic heterocycles. The standard InChI is InChI=1S/C11H17N3O3S/c1-4-5-17-10-7(8(12)15)11(18-14-10)13-9(16)6(2)3/h6H,4-5H2,1-3H3,(H2,12,15)(H,13,16). The van der Waals surface area contributed by atoms with Crippen molar-refractivity contribution in [2.45, 2.75) is 27.2 Å². The maximum atomic E-state index is 11.6. The van der Waals surface area contributed by atoms with Gasteiger partial charge < -0.3 is 15.8 Å². The lowest BCUT2D eigenvalue weighted by atomic mass is 10.2. The molecule has 0 saturated heterocycles. The third kappa shape index (κ3) is 3.43. The van der Waals surface area contributed by atoms with Crippen LogP contribution in [0.2, 0.25) is 0 Å². The molecule has 0 aliphatic carbocycles. The first-order valence-electron chi connectivity index (χ1n) is 5.70. The van der Waals surface area contributed by atoms with E-state index >= 15 is 0 Å². The molecule has 1 rings (SSSR count). The number of ether oxygens (including phenoxy) is 1. The van der Waals surface area contributed by atoms with E-state index in [1.165, 1.54) is 0 Å². The lowest BCUT2D eigenvalue weighted by Gasteiger charge is -2.07. The van der Waals surface area contributed by atoms with Crippen molar-refractivity contribution in [1.82, 2.24) is 4.37 Å². The summed E-state index contributed by atoms with van der Waals surface area (Å²) in [5.41, 5.74) is 5.42. The third-order valence-electron chi connectivity index (χ3n) is 2.11. The summed E-state index contributed by atoms with van der Waals surface area (Å²) in [5.74, 6) is -0.849. The Kier molecular flexibility index (Phi) is 5.08. The average Bonchev–Trinajstić information content (AvgIpc) is 2.69. The summed E-state index contributed by atoms with van der Waals surface area (Å²) in [6, 6.07) is 0. The molecule has 6 nitrogen and oxygen atoms in total. The van der Waals surface area contributed by atoms with Gasteiger partial charge in [-0.15, -0.1) is 0 Å². The molecule has 0 atom stereocenters. The van der Waals surface area contributed by atoms with Crippen molar-refractivity contribution in [2.75, 3.05) is 11.9 Å². The van der Waals surface area contributed by atoms with Crippen molar-refractivity contribution in [3.63, 3.8) is 0 Å². The van der Waals surface area contributed by atoms with E-state index in [4.69, 9.17) is 10.5 Å². The minimum absolute atomic E-state index is 0.141. The summed E-state index contributed by atoms with van der Waals surface area (Å²) in [4.78, 5) is 23.0. The molecule has 0 fully saturated rings. The molecule has 7 heteroatoms. The number of rotatable bonds is 6. The summed E-state index contributed by atoms with van der Waals surface area (Å²) >= 11 is 0.993. The van der Waals surface area contributed by atoms with E-state index in [-0.39, 0.29) is 23.3 Å². The molecular formula is C11H17N3O3S. The lowest BCUT2D eigenvalue weighted by Crippen LogP contribution is -2.20. The molecule has 0 saturated carbocycles. The second-order valence-corrected chi connectivity index (χ2v) is 4.82. The van der Waals surface area contributed by atoms with Crippen molar-refractivity contribution in [3.8, 4) is 5.88 Å². The molecule has 0 spiro atoms. The molecule has 1 aromatic heterocycles. The van der Waals surface area contributed by atoms with Crippen LogP contribution in [0.5, 0.6) is 5.88 Å². The summed E-state index contributed by atoms with van der Waals surface area (Å²) in [6.45, 7) is 5.91. The third-order valence-corrected chi connectivity index (χ3v) is 2.86. The van der Waals surface area contributed by atoms with E-state index < -0.39 is 5.91 Å². The van der Waals surface area contributed by atoms with E-state index in [1.807, 2.05) is 6.92 Å². The Hall–Kier alpha value is -1.63. The Bertz CT molecular complexity index is 443. The van der Waals surface area contributed by atoms with Crippen LogP contribution in [0.3, 0.4) is 0 Å². The number of nitrogens with two attached hydrogens (primary N) is 1. The van der Waals surface area contributed by atoms with Crippen LogP contribution in [0.1, 0.15) is 37.6 Å². The molecule has 3 N–H and O–H groups in total. The summed E-state index contributed by atoms with van der Waals surface area (Å²) in [5, 5.41) is 2.96. The molecule has 0 aromatic carbocycles. The number of carbonyl (C=O) groups is 2. The molecule has 100 valence electrons. The minimum atomic E-state index is -0.658. The van der Waals surface area contributed by atoms with Gasteiger partial charge in [0.05, 0.1) is 6.61 Å². The number of aromatic nitrogens is 1. The Balaban J connectivity index is 2.95. The number of hydrogen-bond donors (Lipinski definition) is 2. The molecule has 1 aromatic rings. The fourth-order valence-electron chi connectivity index (χ4n) is 1.13. The van der Waals surface area contributed by atoms with E-state index in [2.05, 4.69) is 9.69 Å². The average molecular weight is 271 g/mol. The first-order valence-corrected chi connectivity index (χ1v) is 6.47. The summed E-state index contributed by atoms with van der Waals surface area (Å²) in [7, 11) is 0. The predicted octanol–water partition coefficient (Wildman–Crippen LogP) is 1.63. The van der Waals surface area contributed by atoms with Crippen molar-refractivity contribution in [2.24, 2.45) is 11.7 Å². The van der Waals surface area contributed by atoms with Gasteiger partial charge in [0.2, 0.25) is 11.8 Å². The number of nitrogens with zero attached hydrogens (tertiary/aromatic N) is 1. The normalized spacial score (nSPS) is 10.4. The maximum Gasteiger partial charge on any atom is 0.257 e. The molecule has 0 radical (unpaired) electrons. The predicted molar refractivity (Wildman–Crippen MR) is 69.9 cm³/mol. The number of primary amides is 1. The largest absolute Gasteiger partial charge is 0.476 e. The Morgan fingerprint density at radius 2 is 2.17 bits per heavy atom. The molecule has 1 heterocycles. The molecule has 18 heavy (non-hydrogen) atoms. The maximum absolute atomic E-state index is 11.6. The highest BCUT2D eigenvalue weighted by Gasteiger charge is 2.22. The first kappa shape index (κ1) is 14.4. The van der Waals surface area contributed by atoms with Crippen LogP contribution in [0.25, 0.3) is 0 Å². The first-order chi connectivity index (χ1) is 8.47. The minimum Gasteiger partial charge on any atom is -0.476 e. The summed E-state index contributed by atoms with van der Waals surface area (Å²) < 4.78 is 9.31. The van der Waals surface area contributed by atoms with Crippen LogP contribution in [-0.4, -0.2) is 22.8 Å². The zero-order valence-corrected chi connectivity index (χ0v) is 11.5. The van der Waals surface area contributed by atoms with Crippen LogP contribution in [0.4, 0.5) is 5.00 Å². The highest BCUT2D eigenvalue weighted by Crippen LogP contribution is 2.30. The topological polar surface area (TPSA) is 94.3 Å². The molecule has 0 aliphatic rings. The Labute approximate surface area is 110 Å². The molecule has 0 bridgehead atoms. The number of anilines is 1. The van der Waals surface area contributed by atoms with Gasteiger partial charge in [-0.2, -0.15) is 4.37 Å². The van der Waals surface area contributed by atoms with Crippen LogP contribution in [0.15, 0.2) is 0 Å². The molecule has 2 amide bonds. The van der Waals surface area contributed by atoms with E-state index in [9.17, 15) is 9.59 Å². The van der Waals surface area contributed by atoms with Gasteiger partial charge in [-0.25, -0.2) is 0 Å². The number of carbonyl (C=O) groups excluding carboxylic acids is 2. The molecule has 0 unspecified atom stereocenters. The fraction of sp³-hybridized carbons (Fsp3) is 0.545. The highest BCUT2D eigenvalue weighted by molar-refractivity contribution is 7.11. The van der Waals surface area contributed by atoms with Crippen molar-refractivity contribution in [3.05, 3.63) is 5.56 Å². The van der Waals surface area contributed by atoms with Gasteiger partial charge >= 0.3 is 0 Å². The monoisotopic (exact) mass is 271 g/mol. The Morgan fingerprint density at radius 3 is 2.67 bits per heavy atom. The van der Waals surface area contributed by atoms with E-state index in [1.54, 1.807) is 13.8 Å². The number of amides is 2. The van der Waals surface area contributed by atoms with Crippen molar-refractivity contribution < 1.29 is 14.3 Å². The van der Waals surface area contributed by atoms with Crippen molar-refractivity contribution >= 4 is 28.3 Å². The Morgan fingerprint density at radius 1 is 1.50 bits per heavy atom. The highest BCUT2D eigenvalue weighted by atomic mass is 32.1. The second-order valence-electron chi connectivity index (χ2n) is 4.05. The van der Waals surface area contributed by atoms with Gasteiger partial charge in [0.25, 0.3) is 5.91 Å². The second kappa shape index (κ2) is 6.34. The van der Waals surface area contributed by atoms with Gasteiger partial charge in [0.15, 0.2) is 0 Å². The lowest BCUT2D eigenvalue weighted by molar-refractivity contribution is -0.118. The van der Waals surface area contributed by atoms with Crippen LogP contribution in [0, 0.1) is 5.92 Å². The van der Waals surface area contributed by atoms with Crippen LogP contribution in [-0.2, 0) is 4.79 Å². The smallest absolute Gasteiger partial charge is 0.257 e. The van der Waals surface area contributed by atoms with Crippen LogP contribution >= 0.6 is 11.5 Å². The van der Waals surface area contributed by atoms with Gasteiger partial charge in [-0.1, -0.05) is 20.8 Å². The zero-order chi connectivity index (χ0) is 13.7. The van der Waals surface area contributed by atoms with Crippen LogP contribution < -0.4 is 15.8 Å². The number of hydrogen-bond acceptors (Lipinski definition) is 5. The van der Waals surface area contributed by atoms with Gasteiger partial charge in [-0.05, 0) is 18.0 Å². The van der Waals surface area contributed by atoms with E-state index in [0.717, 1.165) is 18.0 Å². The van der Waals surface area contributed by atoms with Gasteiger partial charge in [-0.3, -0.25) is 9.59 Å². The zero-order valence-electron chi connectivity index (χ0n) is 10.6. The SMILES string of the molecule is CCCOc1nsc(NC(=O)C(C)C)c1C(N)=O. The van der Waals surface area contributed by atoms with Gasteiger partial charge in [0, 0.05) is 5.92 Å².